The minimum Gasteiger partial charge on any atom is -0.368 e. The number of nitrogens with one attached hydrogen (secondary N) is 1. The number of rotatable bonds is 6. The second-order valence-corrected chi connectivity index (χ2v) is 6.51. The van der Waals surface area contributed by atoms with Gasteiger partial charge in [0.2, 0.25) is 11.8 Å². The molecular formula is C22H22N2O2. The van der Waals surface area contributed by atoms with Crippen LogP contribution in [0.1, 0.15) is 16.7 Å². The number of fused-ring (bicyclic) bond motifs is 1. The topological polar surface area (TPSA) is 72.2 Å². The zero-order valence-electron chi connectivity index (χ0n) is 14.7. The molecule has 0 heterocycles. The molecule has 132 valence electrons. The maximum atomic E-state index is 12.4. The fourth-order valence-corrected chi connectivity index (χ4v) is 3.06. The Morgan fingerprint density at radius 1 is 0.962 bits per heavy atom. The summed E-state index contributed by atoms with van der Waals surface area (Å²) in [4.78, 5) is 24.2. The minimum absolute atomic E-state index is 0.210. The first-order chi connectivity index (χ1) is 12.5. The maximum Gasteiger partial charge on any atom is 0.240 e. The number of aryl methyl sites for hydroxylation is 1. The van der Waals surface area contributed by atoms with Gasteiger partial charge in [0.25, 0.3) is 0 Å². The average Bonchev–Trinajstić information content (AvgIpc) is 2.62. The second-order valence-electron chi connectivity index (χ2n) is 6.51. The highest BCUT2D eigenvalue weighted by atomic mass is 16.2. The number of hydrogen-bond donors (Lipinski definition) is 2. The molecular weight excluding hydrogens is 324 g/mol. The third kappa shape index (κ3) is 4.28. The van der Waals surface area contributed by atoms with Crippen LogP contribution in [0.5, 0.6) is 0 Å². The Labute approximate surface area is 153 Å². The molecule has 0 aliphatic rings. The van der Waals surface area contributed by atoms with Gasteiger partial charge in [-0.05, 0) is 34.4 Å². The van der Waals surface area contributed by atoms with Crippen molar-refractivity contribution < 1.29 is 9.59 Å². The number of nitrogens with two attached hydrogens (primary N) is 1. The highest BCUT2D eigenvalue weighted by molar-refractivity contribution is 5.89. The Kier molecular flexibility index (Phi) is 5.32. The molecule has 0 fully saturated rings. The quantitative estimate of drug-likeness (QED) is 0.720. The molecule has 4 heteroatoms. The van der Waals surface area contributed by atoms with E-state index in [2.05, 4.69) is 5.32 Å². The first-order valence-corrected chi connectivity index (χ1v) is 8.64. The molecule has 3 aromatic rings. The Hall–Kier alpha value is -3.14. The summed E-state index contributed by atoms with van der Waals surface area (Å²) in [6.45, 7) is 1.98. The van der Waals surface area contributed by atoms with E-state index in [0.717, 1.165) is 27.5 Å². The SMILES string of the molecule is Cc1ccccc1C[C@H](NC(=O)Cc1ccc2ccccc2c1)C(N)=O. The van der Waals surface area contributed by atoms with E-state index >= 15 is 0 Å². The normalized spacial score (nSPS) is 11.9. The Morgan fingerprint density at radius 2 is 1.65 bits per heavy atom. The summed E-state index contributed by atoms with van der Waals surface area (Å²) in [5, 5.41) is 4.99. The van der Waals surface area contributed by atoms with E-state index < -0.39 is 11.9 Å². The van der Waals surface area contributed by atoms with Crippen molar-refractivity contribution in [2.75, 3.05) is 0 Å². The van der Waals surface area contributed by atoms with Crippen LogP contribution in [0.3, 0.4) is 0 Å². The van der Waals surface area contributed by atoms with Gasteiger partial charge in [0.15, 0.2) is 0 Å². The Bertz CT molecular complexity index is 950. The zero-order valence-corrected chi connectivity index (χ0v) is 14.7. The number of benzene rings is 3. The molecule has 0 aliphatic carbocycles. The van der Waals surface area contributed by atoms with Gasteiger partial charge in [-0.15, -0.1) is 0 Å². The van der Waals surface area contributed by atoms with Crippen LogP contribution >= 0.6 is 0 Å². The van der Waals surface area contributed by atoms with Gasteiger partial charge >= 0.3 is 0 Å². The van der Waals surface area contributed by atoms with Crippen LogP contribution in [0.4, 0.5) is 0 Å². The summed E-state index contributed by atoms with van der Waals surface area (Å²) >= 11 is 0. The van der Waals surface area contributed by atoms with E-state index in [0.29, 0.717) is 6.42 Å². The van der Waals surface area contributed by atoms with E-state index in [1.165, 1.54) is 0 Å². The predicted molar refractivity (Wildman–Crippen MR) is 104 cm³/mol. The van der Waals surface area contributed by atoms with E-state index in [9.17, 15) is 9.59 Å². The fraction of sp³-hybridized carbons (Fsp3) is 0.182. The molecule has 0 saturated heterocycles. The lowest BCUT2D eigenvalue weighted by molar-refractivity contribution is -0.127. The van der Waals surface area contributed by atoms with Gasteiger partial charge in [0, 0.05) is 6.42 Å². The maximum absolute atomic E-state index is 12.4. The van der Waals surface area contributed by atoms with Crippen molar-refractivity contribution in [3.63, 3.8) is 0 Å². The number of primary amides is 1. The Morgan fingerprint density at radius 3 is 2.38 bits per heavy atom. The molecule has 0 aromatic heterocycles. The lowest BCUT2D eigenvalue weighted by Gasteiger charge is -2.17. The molecule has 4 nitrogen and oxygen atoms in total. The smallest absolute Gasteiger partial charge is 0.240 e. The molecule has 26 heavy (non-hydrogen) atoms. The van der Waals surface area contributed by atoms with Gasteiger partial charge in [-0.1, -0.05) is 66.7 Å². The highest BCUT2D eigenvalue weighted by Gasteiger charge is 2.19. The van der Waals surface area contributed by atoms with Gasteiger partial charge < -0.3 is 11.1 Å². The molecule has 0 unspecified atom stereocenters. The predicted octanol–water partition coefficient (Wildman–Crippen LogP) is 2.90. The molecule has 3 aromatic carbocycles. The lowest BCUT2D eigenvalue weighted by atomic mass is 10.00. The van der Waals surface area contributed by atoms with Crippen molar-refractivity contribution >= 4 is 22.6 Å². The molecule has 2 amide bonds. The van der Waals surface area contributed by atoms with Gasteiger partial charge in [0.1, 0.15) is 6.04 Å². The van der Waals surface area contributed by atoms with Crippen LogP contribution in [0, 0.1) is 6.92 Å². The molecule has 0 bridgehead atoms. The molecule has 0 aliphatic heterocycles. The van der Waals surface area contributed by atoms with Crippen molar-refractivity contribution in [1.82, 2.24) is 5.32 Å². The third-order valence-corrected chi connectivity index (χ3v) is 4.54. The van der Waals surface area contributed by atoms with Crippen molar-refractivity contribution in [2.45, 2.75) is 25.8 Å². The van der Waals surface area contributed by atoms with E-state index in [1.54, 1.807) is 0 Å². The van der Waals surface area contributed by atoms with Crippen LogP contribution in [0.15, 0.2) is 66.7 Å². The van der Waals surface area contributed by atoms with Crippen LogP contribution in [0.2, 0.25) is 0 Å². The van der Waals surface area contributed by atoms with Crippen molar-refractivity contribution in [1.29, 1.82) is 0 Å². The summed E-state index contributed by atoms with van der Waals surface area (Å²) in [5.41, 5.74) is 8.47. The summed E-state index contributed by atoms with van der Waals surface area (Å²) in [7, 11) is 0. The lowest BCUT2D eigenvalue weighted by Crippen LogP contribution is -2.46. The number of carbonyl (C=O) groups is 2. The van der Waals surface area contributed by atoms with E-state index in [1.807, 2.05) is 73.7 Å². The molecule has 3 rings (SSSR count). The number of amides is 2. The third-order valence-electron chi connectivity index (χ3n) is 4.54. The minimum atomic E-state index is -0.718. The fourth-order valence-electron chi connectivity index (χ4n) is 3.06. The first-order valence-electron chi connectivity index (χ1n) is 8.64. The largest absolute Gasteiger partial charge is 0.368 e. The molecule has 3 N–H and O–H groups in total. The Balaban J connectivity index is 1.69. The summed E-state index contributed by atoms with van der Waals surface area (Å²) in [6, 6.07) is 21.0. The molecule has 0 radical (unpaired) electrons. The average molecular weight is 346 g/mol. The van der Waals surface area contributed by atoms with Crippen molar-refractivity contribution in [2.24, 2.45) is 5.73 Å². The molecule has 0 spiro atoms. The zero-order chi connectivity index (χ0) is 18.5. The van der Waals surface area contributed by atoms with Gasteiger partial charge in [0.05, 0.1) is 6.42 Å². The van der Waals surface area contributed by atoms with E-state index in [-0.39, 0.29) is 12.3 Å². The molecule has 1 atom stereocenters. The van der Waals surface area contributed by atoms with Crippen LogP contribution < -0.4 is 11.1 Å². The van der Waals surface area contributed by atoms with E-state index in [4.69, 9.17) is 5.73 Å². The van der Waals surface area contributed by atoms with Crippen molar-refractivity contribution in [3.05, 3.63) is 83.4 Å². The summed E-state index contributed by atoms with van der Waals surface area (Å²) < 4.78 is 0. The standard InChI is InChI=1S/C22H22N2O2/c1-15-6-2-3-8-18(15)14-20(22(23)26)24-21(25)13-16-10-11-17-7-4-5-9-19(17)12-16/h2-12,20H,13-14H2,1H3,(H2,23,26)(H,24,25)/t20-/m0/s1. The van der Waals surface area contributed by atoms with Crippen LogP contribution in [-0.2, 0) is 22.4 Å². The van der Waals surface area contributed by atoms with Crippen molar-refractivity contribution in [3.8, 4) is 0 Å². The monoisotopic (exact) mass is 346 g/mol. The van der Waals surface area contributed by atoms with Gasteiger partial charge in [-0.25, -0.2) is 0 Å². The molecule has 0 saturated carbocycles. The van der Waals surface area contributed by atoms with Gasteiger partial charge in [-0.2, -0.15) is 0 Å². The summed E-state index contributed by atoms with van der Waals surface area (Å²) in [6.07, 6.45) is 0.605. The number of hydrogen-bond acceptors (Lipinski definition) is 2. The van der Waals surface area contributed by atoms with Crippen LogP contribution in [-0.4, -0.2) is 17.9 Å². The highest BCUT2D eigenvalue weighted by Crippen LogP contribution is 2.16. The first kappa shape index (κ1) is 17.7. The number of carbonyl (C=O) groups excluding carboxylic acids is 2. The second kappa shape index (κ2) is 7.83. The van der Waals surface area contributed by atoms with Gasteiger partial charge in [-0.3, -0.25) is 9.59 Å². The van der Waals surface area contributed by atoms with Crippen LogP contribution in [0.25, 0.3) is 10.8 Å². The summed E-state index contributed by atoms with van der Waals surface area (Å²) in [5.74, 6) is -0.738.